The third-order valence-corrected chi connectivity index (χ3v) is 5.00. The standard InChI is InChI=1S/C19H18N2O3/c1-20-16-15(17(22)21(2)18(20)23)24-19(16,13-9-5-3-6-10-13)14-11-7-4-8-12-14/h3-12,15-16H,1-2H3/t15-,16+/m1/s1. The van der Waals surface area contributed by atoms with E-state index in [0.717, 1.165) is 16.0 Å². The largest absolute Gasteiger partial charge is 0.348 e. The lowest BCUT2D eigenvalue weighted by Gasteiger charge is -2.60. The molecule has 2 aliphatic rings. The van der Waals surface area contributed by atoms with Crippen LogP contribution in [-0.2, 0) is 15.1 Å². The van der Waals surface area contributed by atoms with Crippen molar-refractivity contribution in [2.45, 2.75) is 17.7 Å². The molecule has 5 heteroatoms. The van der Waals surface area contributed by atoms with E-state index in [4.69, 9.17) is 4.74 Å². The van der Waals surface area contributed by atoms with Gasteiger partial charge in [0.15, 0.2) is 6.10 Å². The fourth-order valence-corrected chi connectivity index (χ4v) is 3.79. The van der Waals surface area contributed by atoms with E-state index in [9.17, 15) is 9.59 Å². The second-order valence-electron chi connectivity index (χ2n) is 6.24. The van der Waals surface area contributed by atoms with Gasteiger partial charge in [-0.05, 0) is 11.1 Å². The summed E-state index contributed by atoms with van der Waals surface area (Å²) < 4.78 is 6.22. The number of nitrogens with zero attached hydrogens (tertiary/aromatic N) is 2. The average Bonchev–Trinajstić information content (AvgIpc) is 2.60. The van der Waals surface area contributed by atoms with Gasteiger partial charge in [0.25, 0.3) is 5.91 Å². The van der Waals surface area contributed by atoms with Crippen LogP contribution in [0, 0.1) is 0 Å². The highest BCUT2D eigenvalue weighted by atomic mass is 16.6. The minimum absolute atomic E-state index is 0.286. The fourth-order valence-electron chi connectivity index (χ4n) is 3.79. The zero-order valence-electron chi connectivity index (χ0n) is 13.5. The summed E-state index contributed by atoms with van der Waals surface area (Å²) >= 11 is 0. The minimum Gasteiger partial charge on any atom is -0.348 e. The van der Waals surface area contributed by atoms with Crippen LogP contribution < -0.4 is 0 Å². The van der Waals surface area contributed by atoms with Crippen molar-refractivity contribution in [2.24, 2.45) is 0 Å². The average molecular weight is 322 g/mol. The molecule has 0 bridgehead atoms. The van der Waals surface area contributed by atoms with Crippen LogP contribution in [0.5, 0.6) is 0 Å². The van der Waals surface area contributed by atoms with Crippen LogP contribution in [0.15, 0.2) is 60.7 Å². The first kappa shape index (κ1) is 14.9. The Hall–Kier alpha value is -2.66. The number of ether oxygens (including phenoxy) is 1. The van der Waals surface area contributed by atoms with Crippen molar-refractivity contribution in [1.29, 1.82) is 0 Å². The predicted octanol–water partition coefficient (Wildman–Crippen LogP) is 2.22. The van der Waals surface area contributed by atoms with E-state index in [1.54, 1.807) is 11.9 Å². The van der Waals surface area contributed by atoms with Gasteiger partial charge in [-0.1, -0.05) is 60.7 Å². The Bertz CT molecular complexity index is 733. The van der Waals surface area contributed by atoms with Crippen molar-refractivity contribution in [3.63, 3.8) is 0 Å². The first-order valence-corrected chi connectivity index (χ1v) is 7.90. The molecule has 122 valence electrons. The number of hydrogen-bond donors (Lipinski definition) is 0. The molecule has 0 aliphatic carbocycles. The summed E-state index contributed by atoms with van der Waals surface area (Å²) in [6, 6.07) is 18.9. The van der Waals surface area contributed by atoms with Gasteiger partial charge in [0, 0.05) is 14.1 Å². The predicted molar refractivity (Wildman–Crippen MR) is 88.3 cm³/mol. The van der Waals surface area contributed by atoms with Crippen LogP contribution in [0.25, 0.3) is 0 Å². The van der Waals surface area contributed by atoms with E-state index in [1.807, 2.05) is 60.7 Å². The lowest BCUT2D eigenvalue weighted by Crippen LogP contribution is -2.77. The van der Waals surface area contributed by atoms with E-state index in [1.165, 1.54) is 7.05 Å². The van der Waals surface area contributed by atoms with Gasteiger partial charge in [-0.15, -0.1) is 0 Å². The number of urea groups is 1. The summed E-state index contributed by atoms with van der Waals surface area (Å²) in [5.41, 5.74) is 1.05. The molecule has 2 atom stereocenters. The molecule has 0 N–H and O–H groups in total. The molecule has 2 heterocycles. The highest BCUT2D eigenvalue weighted by Gasteiger charge is 2.66. The van der Waals surface area contributed by atoms with Gasteiger partial charge in [-0.2, -0.15) is 0 Å². The Labute approximate surface area is 140 Å². The molecule has 3 amide bonds. The number of hydrogen-bond acceptors (Lipinski definition) is 3. The number of carbonyl (C=O) groups is 2. The number of imide groups is 1. The van der Waals surface area contributed by atoms with Gasteiger partial charge in [-0.25, -0.2) is 4.79 Å². The monoisotopic (exact) mass is 322 g/mol. The Morgan fingerprint density at radius 3 is 1.88 bits per heavy atom. The van der Waals surface area contributed by atoms with E-state index >= 15 is 0 Å². The number of benzene rings is 2. The Kier molecular flexibility index (Phi) is 3.21. The molecule has 2 fully saturated rings. The SMILES string of the molecule is CN1C(=O)[C@@H]2OC(c3ccccc3)(c3ccccc3)[C@H]2N(C)C1=O. The molecule has 4 rings (SSSR count). The van der Waals surface area contributed by atoms with Crippen LogP contribution in [-0.4, -0.2) is 48.0 Å². The molecule has 0 spiro atoms. The quantitative estimate of drug-likeness (QED) is 0.852. The summed E-state index contributed by atoms with van der Waals surface area (Å²) in [5.74, 6) is -0.286. The van der Waals surface area contributed by atoms with Crippen molar-refractivity contribution in [2.75, 3.05) is 14.1 Å². The van der Waals surface area contributed by atoms with Crippen molar-refractivity contribution >= 4 is 11.9 Å². The molecule has 2 saturated heterocycles. The van der Waals surface area contributed by atoms with Crippen LogP contribution in [0.3, 0.4) is 0 Å². The van der Waals surface area contributed by atoms with Crippen molar-refractivity contribution < 1.29 is 14.3 Å². The maximum absolute atomic E-state index is 12.5. The van der Waals surface area contributed by atoms with Gasteiger partial charge in [0.05, 0.1) is 0 Å². The molecule has 5 nitrogen and oxygen atoms in total. The molecule has 2 aromatic carbocycles. The number of carbonyl (C=O) groups excluding carboxylic acids is 2. The van der Waals surface area contributed by atoms with Gasteiger partial charge < -0.3 is 9.64 Å². The zero-order chi connectivity index (χ0) is 16.9. The highest BCUT2D eigenvalue weighted by Crippen LogP contribution is 2.51. The molecule has 24 heavy (non-hydrogen) atoms. The van der Waals surface area contributed by atoms with E-state index in [-0.39, 0.29) is 18.0 Å². The Morgan fingerprint density at radius 1 is 0.875 bits per heavy atom. The van der Waals surface area contributed by atoms with E-state index < -0.39 is 11.7 Å². The Balaban J connectivity index is 1.88. The van der Waals surface area contributed by atoms with Crippen LogP contribution in [0.2, 0.25) is 0 Å². The summed E-state index contributed by atoms with van der Waals surface area (Å²) in [5, 5.41) is 0. The zero-order valence-corrected chi connectivity index (χ0v) is 13.5. The number of amides is 3. The summed E-state index contributed by atoms with van der Waals surface area (Å²) in [4.78, 5) is 27.6. The second-order valence-corrected chi connectivity index (χ2v) is 6.24. The van der Waals surface area contributed by atoms with Gasteiger partial charge in [0.2, 0.25) is 0 Å². The van der Waals surface area contributed by atoms with Crippen LogP contribution in [0.1, 0.15) is 11.1 Å². The lowest BCUT2D eigenvalue weighted by molar-refractivity contribution is -0.247. The maximum atomic E-state index is 12.5. The normalized spacial score (nSPS) is 25.2. The number of fused-ring (bicyclic) bond motifs is 1. The van der Waals surface area contributed by atoms with E-state index in [0.29, 0.717) is 0 Å². The molecule has 2 aliphatic heterocycles. The topological polar surface area (TPSA) is 49.9 Å². The van der Waals surface area contributed by atoms with E-state index in [2.05, 4.69) is 0 Å². The van der Waals surface area contributed by atoms with Crippen LogP contribution >= 0.6 is 0 Å². The summed E-state index contributed by atoms with van der Waals surface area (Å²) in [6.45, 7) is 0. The first-order valence-electron chi connectivity index (χ1n) is 7.90. The third kappa shape index (κ3) is 1.79. The lowest BCUT2D eigenvalue weighted by atomic mass is 9.71. The minimum atomic E-state index is -0.825. The molecule has 0 unspecified atom stereocenters. The van der Waals surface area contributed by atoms with Gasteiger partial charge >= 0.3 is 6.03 Å². The number of likely N-dealkylation sites (N-methyl/N-ethyl adjacent to an activating group) is 2. The molecule has 2 aromatic rings. The van der Waals surface area contributed by atoms with Crippen molar-refractivity contribution in [3.05, 3.63) is 71.8 Å². The molecule has 0 saturated carbocycles. The molecule has 0 aromatic heterocycles. The van der Waals surface area contributed by atoms with Gasteiger partial charge in [-0.3, -0.25) is 9.69 Å². The Morgan fingerprint density at radius 2 is 1.38 bits per heavy atom. The second kappa shape index (κ2) is 5.18. The molecular formula is C19H18N2O3. The molecule has 0 radical (unpaired) electrons. The maximum Gasteiger partial charge on any atom is 0.326 e. The van der Waals surface area contributed by atoms with Crippen molar-refractivity contribution in [1.82, 2.24) is 9.80 Å². The van der Waals surface area contributed by atoms with Crippen molar-refractivity contribution in [3.8, 4) is 0 Å². The van der Waals surface area contributed by atoms with Crippen LogP contribution in [0.4, 0.5) is 4.79 Å². The smallest absolute Gasteiger partial charge is 0.326 e. The summed E-state index contributed by atoms with van der Waals surface area (Å²) in [7, 11) is 3.22. The summed E-state index contributed by atoms with van der Waals surface area (Å²) in [6.07, 6.45) is -0.641. The molecular weight excluding hydrogens is 304 g/mol. The fraction of sp³-hybridized carbons (Fsp3) is 0.263. The number of rotatable bonds is 2. The highest BCUT2D eigenvalue weighted by molar-refractivity contribution is 6.00. The first-order chi connectivity index (χ1) is 11.6. The third-order valence-electron chi connectivity index (χ3n) is 5.00. The van der Waals surface area contributed by atoms with Gasteiger partial charge in [0.1, 0.15) is 11.6 Å².